The summed E-state index contributed by atoms with van der Waals surface area (Å²) in [5.74, 6) is 1.17. The maximum atomic E-state index is 12.5. The number of carbonyl (C=O) groups is 1. The summed E-state index contributed by atoms with van der Waals surface area (Å²) in [6.07, 6.45) is 5.48. The van der Waals surface area contributed by atoms with Crippen LogP contribution >= 0.6 is 22.6 Å². The second-order valence-corrected chi connectivity index (χ2v) is 6.29. The lowest BCUT2D eigenvalue weighted by Crippen LogP contribution is -2.39. The zero-order valence-electron chi connectivity index (χ0n) is 11.3. The number of fused-ring (bicyclic) bond motifs is 1. The third-order valence-corrected chi connectivity index (χ3v) is 4.44. The zero-order valence-corrected chi connectivity index (χ0v) is 13.5. The molecule has 1 aromatic carbocycles. The molecule has 0 radical (unpaired) electrons. The Hall–Kier alpha value is -1.37. The van der Waals surface area contributed by atoms with Gasteiger partial charge in [0.05, 0.1) is 0 Å². The van der Waals surface area contributed by atoms with Crippen LogP contribution in [0.2, 0.25) is 0 Å². The molecule has 1 aromatic heterocycles. The Morgan fingerprint density at radius 1 is 1.40 bits per heavy atom. The molecule has 5 heteroatoms. The number of rotatable bonds is 3. The Labute approximate surface area is 131 Å². The van der Waals surface area contributed by atoms with E-state index in [0.29, 0.717) is 0 Å². The highest BCUT2D eigenvalue weighted by molar-refractivity contribution is 14.1. The molecule has 104 valence electrons. The van der Waals surface area contributed by atoms with E-state index in [1.165, 1.54) is 5.56 Å². The second kappa shape index (κ2) is 5.55. The van der Waals surface area contributed by atoms with Crippen LogP contribution in [0.1, 0.15) is 21.7 Å². The predicted molar refractivity (Wildman–Crippen MR) is 85.7 cm³/mol. The molecule has 0 spiro atoms. The first-order valence-corrected chi connectivity index (χ1v) is 7.77. The van der Waals surface area contributed by atoms with E-state index in [1.54, 1.807) is 6.20 Å². The fourth-order valence-corrected chi connectivity index (χ4v) is 3.07. The topological polar surface area (TPSA) is 38.1 Å². The van der Waals surface area contributed by atoms with Gasteiger partial charge in [0, 0.05) is 48.1 Å². The summed E-state index contributed by atoms with van der Waals surface area (Å²) in [6.45, 7) is 1.53. The van der Waals surface area contributed by atoms with Gasteiger partial charge in [-0.3, -0.25) is 4.79 Å². The van der Waals surface area contributed by atoms with Crippen LogP contribution < -0.4 is 0 Å². The number of nitrogens with zero attached hydrogens (tertiary/aromatic N) is 3. The normalized spacial score (nSPS) is 14.5. The first kappa shape index (κ1) is 13.6. The number of aryl methyl sites for hydroxylation is 1. The second-order valence-electron chi connectivity index (χ2n) is 5.05. The Bertz CT molecular complexity index is 650. The third-order valence-electron chi connectivity index (χ3n) is 3.77. The number of hydrogen-bond acceptors (Lipinski definition) is 2. The van der Waals surface area contributed by atoms with E-state index < -0.39 is 0 Å². The Morgan fingerprint density at radius 3 is 3.00 bits per heavy atom. The molecule has 3 rings (SSSR count). The van der Waals surface area contributed by atoms with Crippen LogP contribution in [0.5, 0.6) is 0 Å². The van der Waals surface area contributed by atoms with Crippen molar-refractivity contribution in [2.45, 2.75) is 12.8 Å². The average Bonchev–Trinajstić information content (AvgIpc) is 2.84. The molecular weight excluding hydrogens is 365 g/mol. The van der Waals surface area contributed by atoms with Gasteiger partial charge in [-0.1, -0.05) is 6.07 Å². The number of imidazole rings is 1. The van der Waals surface area contributed by atoms with Crippen molar-refractivity contribution in [2.24, 2.45) is 7.05 Å². The van der Waals surface area contributed by atoms with E-state index in [1.807, 2.05) is 28.8 Å². The molecule has 0 N–H and O–H groups in total. The van der Waals surface area contributed by atoms with Crippen LogP contribution in [-0.4, -0.2) is 33.4 Å². The lowest BCUT2D eigenvalue weighted by Gasteiger charge is -2.28. The molecule has 0 unspecified atom stereocenters. The molecule has 1 amide bonds. The van der Waals surface area contributed by atoms with Gasteiger partial charge >= 0.3 is 0 Å². The van der Waals surface area contributed by atoms with Gasteiger partial charge in [-0.15, -0.1) is 0 Å². The quantitative estimate of drug-likeness (QED) is 0.766. The highest BCUT2D eigenvalue weighted by atomic mass is 127. The lowest BCUT2D eigenvalue weighted by atomic mass is 9.99. The number of carbonyl (C=O) groups excluding carboxylic acids is 1. The smallest absolute Gasteiger partial charge is 0.254 e. The maximum Gasteiger partial charge on any atom is 0.254 e. The number of hydrogen-bond donors (Lipinski definition) is 0. The molecule has 20 heavy (non-hydrogen) atoms. The number of benzene rings is 1. The van der Waals surface area contributed by atoms with Crippen molar-refractivity contribution in [3.05, 3.63) is 51.1 Å². The maximum absolute atomic E-state index is 12.5. The van der Waals surface area contributed by atoms with Gasteiger partial charge < -0.3 is 9.47 Å². The molecule has 0 fully saturated rings. The predicted octanol–water partition coefficient (Wildman–Crippen LogP) is 2.27. The van der Waals surface area contributed by atoms with Crippen molar-refractivity contribution < 1.29 is 4.79 Å². The Balaban J connectivity index is 1.74. The van der Waals surface area contributed by atoms with Crippen LogP contribution in [-0.2, 0) is 19.9 Å². The molecule has 0 aliphatic carbocycles. The lowest BCUT2D eigenvalue weighted by molar-refractivity contribution is 0.0740. The SMILES string of the molecule is Cn1ccnc1CCN1CCc2ccc(I)cc2C1=O. The largest absolute Gasteiger partial charge is 0.338 e. The fourth-order valence-electron chi connectivity index (χ4n) is 2.58. The summed E-state index contributed by atoms with van der Waals surface area (Å²) in [5.41, 5.74) is 2.03. The highest BCUT2D eigenvalue weighted by Crippen LogP contribution is 2.21. The van der Waals surface area contributed by atoms with Gasteiger partial charge in [-0.25, -0.2) is 4.98 Å². The summed E-state index contributed by atoms with van der Waals surface area (Å²) in [4.78, 5) is 18.8. The van der Waals surface area contributed by atoms with Crippen molar-refractivity contribution >= 4 is 28.5 Å². The first-order valence-electron chi connectivity index (χ1n) is 6.69. The number of halogens is 1. The van der Waals surface area contributed by atoms with Crippen molar-refractivity contribution in [3.63, 3.8) is 0 Å². The van der Waals surface area contributed by atoms with Crippen molar-refractivity contribution in [3.8, 4) is 0 Å². The molecule has 0 atom stereocenters. The van der Waals surface area contributed by atoms with E-state index in [2.05, 4.69) is 39.7 Å². The van der Waals surface area contributed by atoms with Gasteiger partial charge in [0.25, 0.3) is 5.91 Å². The van der Waals surface area contributed by atoms with Crippen LogP contribution in [0.25, 0.3) is 0 Å². The zero-order chi connectivity index (χ0) is 14.1. The molecule has 0 saturated carbocycles. The van der Waals surface area contributed by atoms with E-state index in [-0.39, 0.29) is 5.91 Å². The first-order chi connectivity index (χ1) is 9.65. The molecule has 2 aromatic rings. The van der Waals surface area contributed by atoms with E-state index in [9.17, 15) is 4.79 Å². The van der Waals surface area contributed by atoms with Crippen molar-refractivity contribution in [1.29, 1.82) is 0 Å². The Kier molecular flexibility index (Phi) is 3.78. The number of amides is 1. The molecule has 1 aliphatic rings. The van der Waals surface area contributed by atoms with Gasteiger partial charge in [-0.05, 0) is 46.7 Å². The summed E-state index contributed by atoms with van der Waals surface area (Å²) in [5, 5.41) is 0. The Morgan fingerprint density at radius 2 is 2.25 bits per heavy atom. The molecule has 0 bridgehead atoms. The van der Waals surface area contributed by atoms with Crippen LogP contribution in [0.3, 0.4) is 0 Å². The minimum atomic E-state index is 0.152. The fraction of sp³-hybridized carbons (Fsp3) is 0.333. The van der Waals surface area contributed by atoms with Crippen molar-refractivity contribution in [1.82, 2.24) is 14.5 Å². The molecule has 4 nitrogen and oxygen atoms in total. The van der Waals surface area contributed by atoms with Crippen LogP contribution in [0.15, 0.2) is 30.6 Å². The monoisotopic (exact) mass is 381 g/mol. The highest BCUT2D eigenvalue weighted by Gasteiger charge is 2.24. The summed E-state index contributed by atoms with van der Waals surface area (Å²) in [7, 11) is 1.98. The molecular formula is C15H16IN3O. The third kappa shape index (κ3) is 2.59. The average molecular weight is 381 g/mol. The minimum absolute atomic E-state index is 0.152. The summed E-state index contributed by atoms with van der Waals surface area (Å²) < 4.78 is 3.12. The summed E-state index contributed by atoms with van der Waals surface area (Å²) >= 11 is 2.25. The van der Waals surface area contributed by atoms with Crippen LogP contribution in [0.4, 0.5) is 0 Å². The molecule has 0 saturated heterocycles. The van der Waals surface area contributed by atoms with Crippen molar-refractivity contribution in [2.75, 3.05) is 13.1 Å². The molecule has 2 heterocycles. The number of aromatic nitrogens is 2. The van der Waals surface area contributed by atoms with Gasteiger partial charge in [0.2, 0.25) is 0 Å². The summed E-state index contributed by atoms with van der Waals surface area (Å²) in [6, 6.07) is 6.13. The van der Waals surface area contributed by atoms with Gasteiger partial charge in [0.1, 0.15) is 5.82 Å². The minimum Gasteiger partial charge on any atom is -0.338 e. The standard InChI is InChI=1S/C15H16IN3O/c1-18-9-6-17-14(18)5-8-19-7-4-11-2-3-12(16)10-13(11)15(19)20/h2-3,6,9-10H,4-5,7-8H2,1H3. The molecule has 1 aliphatic heterocycles. The van der Waals surface area contributed by atoms with E-state index >= 15 is 0 Å². The van der Waals surface area contributed by atoms with E-state index in [4.69, 9.17) is 0 Å². The van der Waals surface area contributed by atoms with E-state index in [0.717, 1.165) is 40.9 Å². The van der Waals surface area contributed by atoms with Gasteiger partial charge in [0.15, 0.2) is 0 Å². The van der Waals surface area contributed by atoms with Crippen LogP contribution in [0, 0.1) is 3.57 Å². The van der Waals surface area contributed by atoms with Gasteiger partial charge in [-0.2, -0.15) is 0 Å².